The van der Waals surface area contributed by atoms with E-state index < -0.39 is 0 Å². The van der Waals surface area contributed by atoms with Crippen LogP contribution in [0.4, 0.5) is 5.69 Å². The lowest BCUT2D eigenvalue weighted by Crippen LogP contribution is -3.00. The van der Waals surface area contributed by atoms with E-state index in [-0.39, 0.29) is 24.1 Å². The summed E-state index contributed by atoms with van der Waals surface area (Å²) >= 11 is 5.86. The zero-order chi connectivity index (χ0) is 14.8. The van der Waals surface area contributed by atoms with E-state index in [1.54, 1.807) is 12.1 Å². The number of hydrogen-bond donors (Lipinski definition) is 2. The van der Waals surface area contributed by atoms with Gasteiger partial charge in [-0.15, -0.1) is 0 Å². The topological polar surface area (TPSA) is 52.6 Å². The number of carbonyl (C=O) groups excluding carboxylic acids is 1. The Morgan fingerprint density at radius 2 is 2.05 bits per heavy atom. The van der Waals surface area contributed by atoms with Crippen LogP contribution < -0.4 is 17.7 Å². The minimum absolute atomic E-state index is 0. The molecule has 0 radical (unpaired) electrons. The van der Waals surface area contributed by atoms with Gasteiger partial charge in [0, 0.05) is 18.1 Å². The first kappa shape index (κ1) is 18.0. The lowest BCUT2D eigenvalue weighted by atomic mass is 10.2. The van der Waals surface area contributed by atoms with Gasteiger partial charge in [-0.3, -0.25) is 9.69 Å². The Balaban J connectivity index is 0.00000220. The van der Waals surface area contributed by atoms with Crippen LogP contribution in [-0.2, 0) is 4.79 Å². The summed E-state index contributed by atoms with van der Waals surface area (Å²) in [7, 11) is 4.18. The number of aromatic hydroxyl groups is 1. The summed E-state index contributed by atoms with van der Waals surface area (Å²) in [5.74, 6) is -0.0709. The van der Waals surface area contributed by atoms with Crippen LogP contribution in [0.3, 0.4) is 0 Å². The quantitative estimate of drug-likeness (QED) is 0.516. The van der Waals surface area contributed by atoms with Crippen molar-refractivity contribution in [1.29, 1.82) is 0 Å². The normalized spacial score (nSPS) is 17.9. The number of phenolic OH excluding ortho intramolecular Hbond substituents is 1. The zero-order valence-corrected chi connectivity index (χ0v) is 13.8. The van der Waals surface area contributed by atoms with Crippen molar-refractivity contribution in [2.24, 2.45) is 0 Å². The van der Waals surface area contributed by atoms with E-state index in [4.69, 9.17) is 11.6 Å². The largest absolute Gasteiger partial charge is 1.00 e. The first-order chi connectivity index (χ1) is 9.38. The third-order valence-corrected chi connectivity index (χ3v) is 4.04. The van der Waals surface area contributed by atoms with Crippen LogP contribution in [0.15, 0.2) is 18.2 Å². The van der Waals surface area contributed by atoms with E-state index in [0.29, 0.717) is 17.3 Å². The minimum atomic E-state index is -0.102. The molecule has 5 nitrogen and oxygen atoms in total. The molecule has 0 aromatic heterocycles. The molecule has 1 saturated heterocycles. The Kier molecular flexibility index (Phi) is 6.28. The molecule has 1 aliphatic heterocycles. The number of amides is 1. The smallest absolute Gasteiger partial charge is 0.279 e. The number of nitrogens with zero attached hydrogens (tertiary/aromatic N) is 2. The number of rotatable bonds is 3. The molecule has 1 fully saturated rings. The Bertz CT molecular complexity index is 503. The highest BCUT2D eigenvalue weighted by Crippen LogP contribution is 2.26. The van der Waals surface area contributed by atoms with E-state index >= 15 is 0 Å². The van der Waals surface area contributed by atoms with Crippen LogP contribution >= 0.6 is 11.6 Å². The highest BCUT2D eigenvalue weighted by molar-refractivity contribution is 6.31. The monoisotopic (exact) mass is 333 g/mol. The molecule has 1 aromatic carbocycles. The van der Waals surface area contributed by atoms with Gasteiger partial charge in [0.1, 0.15) is 5.75 Å². The second kappa shape index (κ2) is 7.31. The van der Waals surface area contributed by atoms with Gasteiger partial charge in [-0.05, 0) is 25.2 Å². The maximum absolute atomic E-state index is 12.1. The van der Waals surface area contributed by atoms with Crippen LogP contribution in [0.25, 0.3) is 0 Å². The van der Waals surface area contributed by atoms with Crippen LogP contribution in [0.2, 0.25) is 5.02 Å². The van der Waals surface area contributed by atoms with Crippen molar-refractivity contribution in [3.05, 3.63) is 23.2 Å². The van der Waals surface area contributed by atoms with Gasteiger partial charge in [-0.1, -0.05) is 11.6 Å². The highest BCUT2D eigenvalue weighted by Gasteiger charge is 2.29. The molecule has 2 N–H and O–H groups in total. The standard InChI is InChI=1S/C14H20ClN3O2.ClH/c1-17-5-7-18(2,8-6-17)10-14(20)16-12-9-11(15)3-4-13(12)19;/h3-4,9H,5-8,10H2,1-2H3,(H-,16,19,20);1H. The molecule has 21 heavy (non-hydrogen) atoms. The molecule has 0 atom stereocenters. The zero-order valence-electron chi connectivity index (χ0n) is 12.3. The van der Waals surface area contributed by atoms with Gasteiger partial charge in [0.05, 0.1) is 25.8 Å². The Labute approximate surface area is 136 Å². The number of phenols is 1. The SMILES string of the molecule is CN1CC[N+](C)(CC(=O)Nc2cc(Cl)ccc2O)CC1.[Cl-]. The maximum atomic E-state index is 12.1. The van der Waals surface area contributed by atoms with Crippen molar-refractivity contribution in [3.8, 4) is 5.75 Å². The molecule has 0 unspecified atom stereocenters. The molecular weight excluding hydrogens is 313 g/mol. The van der Waals surface area contributed by atoms with Crippen molar-refractivity contribution < 1.29 is 26.8 Å². The van der Waals surface area contributed by atoms with E-state index in [0.717, 1.165) is 30.7 Å². The molecule has 0 aliphatic carbocycles. The molecule has 118 valence electrons. The molecule has 1 aliphatic rings. The van der Waals surface area contributed by atoms with Gasteiger partial charge in [0.25, 0.3) is 5.91 Å². The van der Waals surface area contributed by atoms with Crippen molar-refractivity contribution in [2.75, 3.05) is 52.1 Å². The molecule has 1 amide bonds. The van der Waals surface area contributed by atoms with Crippen molar-refractivity contribution in [3.63, 3.8) is 0 Å². The Hall–Kier alpha value is -1.01. The van der Waals surface area contributed by atoms with E-state index in [9.17, 15) is 9.90 Å². The number of anilines is 1. The lowest BCUT2D eigenvalue weighted by Gasteiger charge is -2.40. The minimum Gasteiger partial charge on any atom is -1.00 e. The average molecular weight is 334 g/mol. The molecule has 0 spiro atoms. The third-order valence-electron chi connectivity index (χ3n) is 3.80. The highest BCUT2D eigenvalue weighted by atomic mass is 35.5. The lowest BCUT2D eigenvalue weighted by molar-refractivity contribution is -0.905. The molecule has 7 heteroatoms. The van der Waals surface area contributed by atoms with Crippen molar-refractivity contribution in [1.82, 2.24) is 4.90 Å². The summed E-state index contributed by atoms with van der Waals surface area (Å²) < 4.78 is 0.720. The number of halogens is 2. The molecule has 0 saturated carbocycles. The summed E-state index contributed by atoms with van der Waals surface area (Å²) in [6.07, 6.45) is 0. The summed E-state index contributed by atoms with van der Waals surface area (Å²) in [5, 5.41) is 12.9. The first-order valence-electron chi connectivity index (χ1n) is 6.68. The number of benzene rings is 1. The van der Waals surface area contributed by atoms with Crippen molar-refractivity contribution >= 4 is 23.2 Å². The van der Waals surface area contributed by atoms with E-state index in [1.807, 2.05) is 0 Å². The Morgan fingerprint density at radius 1 is 1.43 bits per heavy atom. The number of carbonyl (C=O) groups is 1. The predicted molar refractivity (Wildman–Crippen MR) is 80.0 cm³/mol. The van der Waals surface area contributed by atoms with Gasteiger partial charge in [-0.25, -0.2) is 0 Å². The fourth-order valence-electron chi connectivity index (χ4n) is 2.35. The molecule has 1 heterocycles. The van der Waals surface area contributed by atoms with Crippen molar-refractivity contribution in [2.45, 2.75) is 0 Å². The number of hydrogen-bond acceptors (Lipinski definition) is 3. The second-order valence-electron chi connectivity index (χ2n) is 5.74. The number of piperazine rings is 1. The summed E-state index contributed by atoms with van der Waals surface area (Å²) in [6, 6.07) is 4.61. The summed E-state index contributed by atoms with van der Waals surface area (Å²) in [5.41, 5.74) is 0.364. The van der Waals surface area contributed by atoms with Crippen LogP contribution in [0.1, 0.15) is 0 Å². The average Bonchev–Trinajstić information content (AvgIpc) is 2.37. The fraction of sp³-hybridized carbons (Fsp3) is 0.500. The van der Waals surface area contributed by atoms with Gasteiger partial charge in [-0.2, -0.15) is 0 Å². The number of likely N-dealkylation sites (N-methyl/N-ethyl adjacent to an activating group) is 2. The molecule has 2 rings (SSSR count). The first-order valence-corrected chi connectivity index (χ1v) is 7.06. The van der Waals surface area contributed by atoms with E-state index in [1.165, 1.54) is 6.07 Å². The van der Waals surface area contributed by atoms with Gasteiger partial charge < -0.3 is 27.3 Å². The Morgan fingerprint density at radius 3 is 2.67 bits per heavy atom. The third kappa shape index (κ3) is 5.04. The molecule has 0 bridgehead atoms. The van der Waals surface area contributed by atoms with Gasteiger partial charge in [0.2, 0.25) is 0 Å². The van der Waals surface area contributed by atoms with Crippen LogP contribution in [0, 0.1) is 0 Å². The second-order valence-corrected chi connectivity index (χ2v) is 6.17. The number of nitrogens with one attached hydrogen (secondary N) is 1. The summed E-state index contributed by atoms with van der Waals surface area (Å²) in [6.45, 7) is 4.29. The number of quaternary nitrogens is 1. The predicted octanol–water partition coefficient (Wildman–Crippen LogP) is -1.62. The van der Waals surface area contributed by atoms with Gasteiger partial charge >= 0.3 is 0 Å². The van der Waals surface area contributed by atoms with E-state index in [2.05, 4.69) is 24.3 Å². The molecular formula is C14H21Cl2N3O2. The van der Waals surface area contributed by atoms with Crippen LogP contribution in [0.5, 0.6) is 5.75 Å². The molecule has 1 aromatic rings. The van der Waals surface area contributed by atoms with Gasteiger partial charge in [0.15, 0.2) is 6.54 Å². The maximum Gasteiger partial charge on any atom is 0.279 e. The summed E-state index contributed by atoms with van der Waals surface area (Å²) in [4.78, 5) is 14.4. The van der Waals surface area contributed by atoms with Crippen LogP contribution in [-0.4, -0.2) is 67.2 Å². The fourth-order valence-corrected chi connectivity index (χ4v) is 2.52.